The fraction of sp³-hybridized carbons (Fsp3) is 0.824. The first-order valence-corrected chi connectivity index (χ1v) is 8.53. The molecule has 0 unspecified atom stereocenters. The predicted molar refractivity (Wildman–Crippen MR) is 83.6 cm³/mol. The number of carboxylic acids is 1. The molecule has 0 aromatic carbocycles. The van der Waals surface area contributed by atoms with E-state index in [0.717, 1.165) is 25.7 Å². The molecular weight excluding hydrogens is 300 g/mol. The summed E-state index contributed by atoms with van der Waals surface area (Å²) in [5.74, 6) is -4.45. The van der Waals surface area contributed by atoms with Crippen LogP contribution in [0, 0.1) is 5.92 Å². The van der Waals surface area contributed by atoms with Crippen molar-refractivity contribution < 1.29 is 29.0 Å². The highest BCUT2D eigenvalue weighted by Crippen LogP contribution is 2.26. The minimum Gasteiger partial charge on any atom is -0.475 e. The summed E-state index contributed by atoms with van der Waals surface area (Å²) in [6, 6.07) is 0. The SMILES string of the molecule is CC(C)CCCC1(C(=O)O)OC(=O)CCCCCCCC(=O)O1. The molecule has 132 valence electrons. The van der Waals surface area contributed by atoms with E-state index in [9.17, 15) is 19.5 Å². The minimum absolute atomic E-state index is 0.0159. The Balaban J connectivity index is 2.88. The second kappa shape index (κ2) is 9.53. The number of cyclic esters (lactones) is 2. The largest absolute Gasteiger partial charge is 0.475 e. The van der Waals surface area contributed by atoms with Crippen molar-refractivity contribution in [2.24, 2.45) is 5.92 Å². The fourth-order valence-electron chi connectivity index (χ4n) is 2.60. The van der Waals surface area contributed by atoms with Gasteiger partial charge in [0, 0.05) is 19.3 Å². The molecule has 0 saturated carbocycles. The molecule has 6 nitrogen and oxygen atoms in total. The van der Waals surface area contributed by atoms with Crippen molar-refractivity contribution in [3.8, 4) is 0 Å². The van der Waals surface area contributed by atoms with Crippen molar-refractivity contribution in [1.82, 2.24) is 0 Å². The summed E-state index contributed by atoms with van der Waals surface area (Å²) < 4.78 is 10.3. The van der Waals surface area contributed by atoms with Crippen LogP contribution >= 0.6 is 0 Å². The summed E-state index contributed by atoms with van der Waals surface area (Å²) >= 11 is 0. The van der Waals surface area contributed by atoms with Gasteiger partial charge in [-0.2, -0.15) is 0 Å². The molecule has 0 radical (unpaired) electrons. The van der Waals surface area contributed by atoms with Gasteiger partial charge in [-0.15, -0.1) is 0 Å². The lowest BCUT2D eigenvalue weighted by Crippen LogP contribution is -2.47. The van der Waals surface area contributed by atoms with Crippen LogP contribution in [0.5, 0.6) is 0 Å². The summed E-state index contributed by atoms with van der Waals surface area (Å²) in [6.45, 7) is 4.04. The number of rotatable bonds is 5. The molecule has 1 saturated heterocycles. The zero-order valence-corrected chi connectivity index (χ0v) is 14.1. The summed E-state index contributed by atoms with van der Waals surface area (Å²) in [7, 11) is 0. The molecule has 1 heterocycles. The first-order valence-electron chi connectivity index (χ1n) is 8.53. The molecule has 0 spiro atoms. The van der Waals surface area contributed by atoms with Gasteiger partial charge < -0.3 is 14.6 Å². The van der Waals surface area contributed by atoms with Gasteiger partial charge in [-0.3, -0.25) is 9.59 Å². The van der Waals surface area contributed by atoms with E-state index in [-0.39, 0.29) is 19.3 Å². The fourth-order valence-corrected chi connectivity index (χ4v) is 2.60. The lowest BCUT2D eigenvalue weighted by molar-refractivity contribution is -0.239. The molecule has 0 bridgehead atoms. The molecule has 0 atom stereocenters. The Hall–Kier alpha value is -1.59. The van der Waals surface area contributed by atoms with Crippen molar-refractivity contribution in [2.45, 2.75) is 83.8 Å². The van der Waals surface area contributed by atoms with E-state index in [0.29, 0.717) is 25.2 Å². The lowest BCUT2D eigenvalue weighted by atomic mass is 10.0. The van der Waals surface area contributed by atoms with Gasteiger partial charge in [0.15, 0.2) is 0 Å². The first-order chi connectivity index (χ1) is 10.9. The van der Waals surface area contributed by atoms with Crippen LogP contribution in [0.3, 0.4) is 0 Å². The average molecular weight is 328 g/mol. The van der Waals surface area contributed by atoms with E-state index in [1.165, 1.54) is 0 Å². The molecule has 0 aromatic rings. The van der Waals surface area contributed by atoms with Crippen molar-refractivity contribution in [3.05, 3.63) is 0 Å². The van der Waals surface area contributed by atoms with Crippen LogP contribution in [0.2, 0.25) is 0 Å². The van der Waals surface area contributed by atoms with Crippen LogP contribution in [0.1, 0.15) is 78.1 Å². The maximum atomic E-state index is 11.9. The van der Waals surface area contributed by atoms with Crippen molar-refractivity contribution in [2.75, 3.05) is 0 Å². The molecule has 23 heavy (non-hydrogen) atoms. The molecule has 0 aliphatic carbocycles. The van der Waals surface area contributed by atoms with Gasteiger partial charge in [0.05, 0.1) is 0 Å². The average Bonchev–Trinajstić information content (AvgIpc) is 2.44. The van der Waals surface area contributed by atoms with Crippen molar-refractivity contribution in [1.29, 1.82) is 0 Å². The molecule has 1 N–H and O–H groups in total. The standard InChI is InChI=1S/C17H28O6/c1-13(2)9-8-12-17(16(20)21)22-14(18)10-6-4-3-5-7-11-15(19)23-17/h13H,3-12H2,1-2H3,(H,20,21). The van der Waals surface area contributed by atoms with Crippen molar-refractivity contribution >= 4 is 17.9 Å². The minimum atomic E-state index is -2.18. The Labute approximate surface area is 137 Å². The third kappa shape index (κ3) is 7.01. The number of hydrogen-bond acceptors (Lipinski definition) is 5. The first kappa shape index (κ1) is 19.5. The second-order valence-corrected chi connectivity index (χ2v) is 6.56. The molecule has 0 aromatic heterocycles. The van der Waals surface area contributed by atoms with Gasteiger partial charge in [-0.05, 0) is 25.2 Å². The number of ether oxygens (including phenoxy) is 2. The van der Waals surface area contributed by atoms with E-state index in [1.54, 1.807) is 0 Å². The van der Waals surface area contributed by atoms with Gasteiger partial charge >= 0.3 is 23.7 Å². The van der Waals surface area contributed by atoms with Gasteiger partial charge in [-0.25, -0.2) is 4.79 Å². The summed E-state index contributed by atoms with van der Waals surface area (Å²) in [6.07, 6.45) is 5.57. The quantitative estimate of drug-likeness (QED) is 0.778. The maximum absolute atomic E-state index is 11.9. The Morgan fingerprint density at radius 3 is 1.96 bits per heavy atom. The third-order valence-electron chi connectivity index (χ3n) is 3.93. The highest BCUT2D eigenvalue weighted by Gasteiger charge is 2.46. The summed E-state index contributed by atoms with van der Waals surface area (Å²) in [4.78, 5) is 35.6. The molecule has 1 fully saturated rings. The number of carbonyl (C=O) groups is 3. The van der Waals surface area contributed by atoms with E-state index in [4.69, 9.17) is 9.47 Å². The van der Waals surface area contributed by atoms with E-state index in [1.807, 2.05) is 13.8 Å². The predicted octanol–water partition coefficient (Wildman–Crippen LogP) is 3.42. The van der Waals surface area contributed by atoms with E-state index in [2.05, 4.69) is 0 Å². The molecule has 1 aliphatic heterocycles. The van der Waals surface area contributed by atoms with Gasteiger partial charge in [-0.1, -0.05) is 39.5 Å². The Bertz CT molecular complexity index is 393. The number of carboxylic acid groups (broad SMARTS) is 1. The molecule has 1 aliphatic rings. The topological polar surface area (TPSA) is 89.9 Å². The summed E-state index contributed by atoms with van der Waals surface area (Å²) in [5.41, 5.74) is 0. The highest BCUT2D eigenvalue weighted by atomic mass is 16.7. The van der Waals surface area contributed by atoms with Crippen LogP contribution in [0.4, 0.5) is 0 Å². The zero-order chi connectivity index (χ0) is 17.3. The molecular formula is C17H28O6. The number of hydrogen-bond donors (Lipinski definition) is 1. The lowest BCUT2D eigenvalue weighted by Gasteiger charge is -2.29. The Kier molecular flexibility index (Phi) is 8.06. The summed E-state index contributed by atoms with van der Waals surface area (Å²) in [5, 5.41) is 9.54. The normalized spacial score (nSPS) is 20.1. The van der Waals surface area contributed by atoms with Gasteiger partial charge in [0.1, 0.15) is 0 Å². The van der Waals surface area contributed by atoms with Crippen LogP contribution in [0.15, 0.2) is 0 Å². The van der Waals surface area contributed by atoms with Crippen LogP contribution in [-0.4, -0.2) is 28.8 Å². The van der Waals surface area contributed by atoms with E-state index < -0.39 is 23.7 Å². The smallest absolute Gasteiger partial charge is 0.390 e. The molecule has 1 rings (SSSR count). The monoisotopic (exact) mass is 328 g/mol. The van der Waals surface area contributed by atoms with Crippen LogP contribution in [0.25, 0.3) is 0 Å². The third-order valence-corrected chi connectivity index (χ3v) is 3.93. The zero-order valence-electron chi connectivity index (χ0n) is 14.1. The van der Waals surface area contributed by atoms with Crippen LogP contribution in [-0.2, 0) is 23.9 Å². The second-order valence-electron chi connectivity index (χ2n) is 6.56. The number of aliphatic carboxylic acids is 1. The maximum Gasteiger partial charge on any atom is 0.390 e. The molecule has 6 heteroatoms. The van der Waals surface area contributed by atoms with Gasteiger partial charge in [0.2, 0.25) is 0 Å². The van der Waals surface area contributed by atoms with Gasteiger partial charge in [0.25, 0.3) is 0 Å². The number of carbonyl (C=O) groups excluding carboxylic acids is 2. The Morgan fingerprint density at radius 1 is 1.04 bits per heavy atom. The van der Waals surface area contributed by atoms with Crippen molar-refractivity contribution in [3.63, 3.8) is 0 Å². The van der Waals surface area contributed by atoms with Crippen LogP contribution < -0.4 is 0 Å². The Morgan fingerprint density at radius 2 is 1.52 bits per heavy atom. The highest BCUT2D eigenvalue weighted by molar-refractivity contribution is 5.83. The van der Waals surface area contributed by atoms with E-state index >= 15 is 0 Å². The molecule has 0 amide bonds. The number of esters is 2.